The van der Waals surface area contributed by atoms with Crippen molar-refractivity contribution in [3.8, 4) is 11.3 Å². The molecule has 0 aliphatic carbocycles. The van der Waals surface area contributed by atoms with Gasteiger partial charge in [-0.25, -0.2) is 4.39 Å². The van der Waals surface area contributed by atoms with Gasteiger partial charge in [0, 0.05) is 10.4 Å². The number of carboxylic acids is 1. The Labute approximate surface area is 106 Å². The second-order valence-electron chi connectivity index (χ2n) is 3.76. The maximum Gasteiger partial charge on any atom is 0.323 e. The van der Waals surface area contributed by atoms with Crippen molar-refractivity contribution in [2.75, 3.05) is 0 Å². The van der Waals surface area contributed by atoms with Gasteiger partial charge in [-0.2, -0.15) is 0 Å². The van der Waals surface area contributed by atoms with Gasteiger partial charge in [-0.3, -0.25) is 14.2 Å². The van der Waals surface area contributed by atoms with Gasteiger partial charge in [0.05, 0.1) is 5.69 Å². The van der Waals surface area contributed by atoms with E-state index in [1.165, 1.54) is 18.2 Å². The summed E-state index contributed by atoms with van der Waals surface area (Å²) in [5.41, 5.74) is 0.971. The number of halogens is 1. The van der Waals surface area contributed by atoms with E-state index in [0.29, 0.717) is 16.1 Å². The van der Waals surface area contributed by atoms with Gasteiger partial charge >= 0.3 is 10.8 Å². The molecule has 0 atom stereocenters. The molecule has 0 radical (unpaired) electrons. The zero-order chi connectivity index (χ0) is 13.3. The fourth-order valence-electron chi connectivity index (χ4n) is 1.79. The molecule has 0 unspecified atom stereocenters. The van der Waals surface area contributed by atoms with E-state index in [2.05, 4.69) is 0 Å². The molecule has 18 heavy (non-hydrogen) atoms. The van der Waals surface area contributed by atoms with Crippen molar-refractivity contribution in [2.45, 2.75) is 13.5 Å². The van der Waals surface area contributed by atoms with Crippen LogP contribution in [-0.4, -0.2) is 15.6 Å². The number of aryl methyl sites for hydroxylation is 1. The molecule has 0 aliphatic rings. The van der Waals surface area contributed by atoms with Gasteiger partial charge in [-0.15, -0.1) is 0 Å². The van der Waals surface area contributed by atoms with Gasteiger partial charge in [-0.1, -0.05) is 23.5 Å². The van der Waals surface area contributed by atoms with Crippen LogP contribution in [0.15, 0.2) is 29.1 Å². The summed E-state index contributed by atoms with van der Waals surface area (Å²) < 4.78 is 14.3. The number of carbonyl (C=O) groups is 1. The lowest BCUT2D eigenvalue weighted by atomic mass is 10.1. The molecule has 6 heteroatoms. The monoisotopic (exact) mass is 267 g/mol. The van der Waals surface area contributed by atoms with E-state index >= 15 is 0 Å². The number of nitrogens with zero attached hydrogens (tertiary/aromatic N) is 1. The summed E-state index contributed by atoms with van der Waals surface area (Å²) in [5.74, 6) is -1.53. The highest BCUT2D eigenvalue weighted by atomic mass is 32.1. The summed E-state index contributed by atoms with van der Waals surface area (Å²) in [4.78, 5) is 22.8. The lowest BCUT2D eigenvalue weighted by Crippen LogP contribution is -2.19. The molecule has 94 valence electrons. The predicted molar refractivity (Wildman–Crippen MR) is 66.3 cm³/mol. The Kier molecular flexibility index (Phi) is 3.29. The molecule has 0 fully saturated rings. The Bertz CT molecular complexity index is 660. The van der Waals surface area contributed by atoms with Gasteiger partial charge in [0.25, 0.3) is 0 Å². The van der Waals surface area contributed by atoms with Crippen molar-refractivity contribution in [1.29, 1.82) is 0 Å². The lowest BCUT2D eigenvalue weighted by molar-refractivity contribution is -0.137. The Hall–Kier alpha value is -1.95. The van der Waals surface area contributed by atoms with E-state index in [9.17, 15) is 14.0 Å². The lowest BCUT2D eigenvalue weighted by Gasteiger charge is -2.06. The summed E-state index contributed by atoms with van der Waals surface area (Å²) in [7, 11) is 0. The number of hydrogen-bond donors (Lipinski definition) is 1. The number of benzene rings is 1. The summed E-state index contributed by atoms with van der Waals surface area (Å²) in [6, 6.07) is 5.75. The molecule has 1 aromatic heterocycles. The Morgan fingerprint density at radius 3 is 2.83 bits per heavy atom. The highest BCUT2D eigenvalue weighted by Gasteiger charge is 2.16. The summed E-state index contributed by atoms with van der Waals surface area (Å²) in [5, 5.41) is 8.80. The molecule has 1 heterocycles. The number of carboxylic acid groups (broad SMARTS) is 1. The molecule has 0 saturated carbocycles. The molecule has 0 amide bonds. The molecule has 2 aromatic rings. The smallest absolute Gasteiger partial charge is 0.323 e. The predicted octanol–water partition coefficient (Wildman–Crippen LogP) is 2.11. The maximum atomic E-state index is 13.2. The zero-order valence-electron chi connectivity index (χ0n) is 9.51. The van der Waals surface area contributed by atoms with Crippen molar-refractivity contribution in [3.63, 3.8) is 0 Å². The SMILES string of the molecule is Cc1sc(=O)n(CC(=O)O)c1-c1cccc(F)c1. The number of hydrogen-bond acceptors (Lipinski definition) is 3. The van der Waals surface area contributed by atoms with E-state index in [1.54, 1.807) is 13.0 Å². The zero-order valence-corrected chi connectivity index (χ0v) is 10.3. The van der Waals surface area contributed by atoms with Crippen LogP contribution in [0.4, 0.5) is 4.39 Å². The highest BCUT2D eigenvalue weighted by Crippen LogP contribution is 2.25. The molecule has 0 spiro atoms. The van der Waals surface area contributed by atoms with Gasteiger partial charge in [-0.05, 0) is 19.1 Å². The van der Waals surface area contributed by atoms with Gasteiger partial charge in [0.15, 0.2) is 0 Å². The molecule has 2 rings (SSSR count). The molecule has 0 aliphatic heterocycles. The topological polar surface area (TPSA) is 59.3 Å². The molecule has 1 aromatic carbocycles. The number of aliphatic carboxylic acids is 1. The van der Waals surface area contributed by atoms with E-state index in [4.69, 9.17) is 5.11 Å². The minimum Gasteiger partial charge on any atom is -0.480 e. The highest BCUT2D eigenvalue weighted by molar-refractivity contribution is 7.09. The molecular weight excluding hydrogens is 257 g/mol. The fourth-order valence-corrected chi connectivity index (χ4v) is 2.64. The minimum absolute atomic E-state index is 0.353. The van der Waals surface area contributed by atoms with Crippen LogP contribution in [0.1, 0.15) is 4.88 Å². The van der Waals surface area contributed by atoms with E-state index < -0.39 is 18.3 Å². The van der Waals surface area contributed by atoms with Gasteiger partial charge in [0.1, 0.15) is 12.4 Å². The average Bonchev–Trinajstić information content (AvgIpc) is 2.53. The van der Waals surface area contributed by atoms with E-state index in [1.807, 2.05) is 0 Å². The third-order valence-electron chi connectivity index (χ3n) is 2.46. The standard InChI is InChI=1S/C12H10FNO3S/c1-7-11(8-3-2-4-9(13)5-8)14(6-10(15)16)12(17)18-7/h2-5H,6H2,1H3,(H,15,16). The second-order valence-corrected chi connectivity index (χ2v) is 4.93. The van der Waals surface area contributed by atoms with Crippen molar-refractivity contribution >= 4 is 17.3 Å². The summed E-state index contributed by atoms with van der Waals surface area (Å²) >= 11 is 0.960. The molecule has 0 bridgehead atoms. The molecule has 0 saturated heterocycles. The van der Waals surface area contributed by atoms with Crippen molar-refractivity contribution in [2.24, 2.45) is 0 Å². The number of aromatic nitrogens is 1. The van der Waals surface area contributed by atoms with Crippen molar-refractivity contribution < 1.29 is 14.3 Å². The normalized spacial score (nSPS) is 10.6. The van der Waals surface area contributed by atoms with Crippen molar-refractivity contribution in [1.82, 2.24) is 4.57 Å². The summed E-state index contributed by atoms with van der Waals surface area (Å²) in [6.07, 6.45) is 0. The third-order valence-corrected chi connectivity index (χ3v) is 3.35. The van der Waals surface area contributed by atoms with E-state index in [0.717, 1.165) is 15.9 Å². The van der Waals surface area contributed by atoms with Crippen LogP contribution in [0.2, 0.25) is 0 Å². The van der Waals surface area contributed by atoms with Crippen LogP contribution in [0, 0.1) is 12.7 Å². The first-order valence-corrected chi connectivity index (χ1v) is 5.98. The Morgan fingerprint density at radius 1 is 1.50 bits per heavy atom. The van der Waals surface area contributed by atoms with Crippen LogP contribution in [0.5, 0.6) is 0 Å². The Morgan fingerprint density at radius 2 is 2.22 bits per heavy atom. The van der Waals surface area contributed by atoms with Gasteiger partial charge in [0.2, 0.25) is 0 Å². The largest absolute Gasteiger partial charge is 0.480 e. The quantitative estimate of drug-likeness (QED) is 0.926. The minimum atomic E-state index is -1.10. The van der Waals surface area contributed by atoms with Crippen LogP contribution in [-0.2, 0) is 11.3 Å². The number of rotatable bonds is 3. The maximum absolute atomic E-state index is 13.2. The average molecular weight is 267 g/mol. The first kappa shape index (κ1) is 12.5. The van der Waals surface area contributed by atoms with Crippen LogP contribution >= 0.6 is 11.3 Å². The fraction of sp³-hybridized carbons (Fsp3) is 0.167. The molecular formula is C12H10FNO3S. The third kappa shape index (κ3) is 2.33. The van der Waals surface area contributed by atoms with Crippen LogP contribution in [0.3, 0.4) is 0 Å². The van der Waals surface area contributed by atoms with E-state index in [-0.39, 0.29) is 4.87 Å². The van der Waals surface area contributed by atoms with Crippen LogP contribution in [0.25, 0.3) is 11.3 Å². The summed E-state index contributed by atoms with van der Waals surface area (Å²) in [6.45, 7) is 1.29. The number of thiazole rings is 1. The first-order valence-electron chi connectivity index (χ1n) is 5.17. The van der Waals surface area contributed by atoms with Gasteiger partial charge < -0.3 is 5.11 Å². The second kappa shape index (κ2) is 4.73. The Balaban J connectivity index is 2.63. The van der Waals surface area contributed by atoms with Crippen LogP contribution < -0.4 is 4.87 Å². The molecule has 1 N–H and O–H groups in total. The van der Waals surface area contributed by atoms with Crippen molar-refractivity contribution in [3.05, 3.63) is 44.6 Å². The first-order chi connectivity index (χ1) is 8.49. The molecule has 4 nitrogen and oxygen atoms in total.